The molecule has 2 atom stereocenters. The predicted octanol–water partition coefficient (Wildman–Crippen LogP) is 3.27. The maximum absolute atomic E-state index is 12.3. The van der Waals surface area contributed by atoms with Crippen LogP contribution < -0.4 is 0 Å². The molecule has 0 aromatic heterocycles. The van der Waals surface area contributed by atoms with Crippen molar-refractivity contribution in [3.63, 3.8) is 0 Å². The van der Waals surface area contributed by atoms with Gasteiger partial charge in [0.2, 0.25) is 0 Å². The van der Waals surface area contributed by atoms with Gasteiger partial charge in [0, 0.05) is 10.8 Å². The Morgan fingerprint density at radius 2 is 1.36 bits per heavy atom. The number of Topliss-reactive ketones (excluding diaryl/α,β-unsaturated/α-hetero) is 1. The average molecular weight is 190 g/mol. The Balaban J connectivity index is 2.59. The molecular formula is C13H18O. The van der Waals surface area contributed by atoms with Crippen molar-refractivity contribution < 1.29 is 4.79 Å². The third-order valence-corrected chi connectivity index (χ3v) is 3.46. The quantitative estimate of drug-likeness (QED) is 0.536. The highest BCUT2D eigenvalue weighted by Crippen LogP contribution is 2.49. The number of allylic oxidation sites excluding steroid dienone is 4. The number of fused-ring (bicyclic) bond motifs is 2. The Kier molecular flexibility index (Phi) is 1.79. The zero-order chi connectivity index (χ0) is 10.6. The van der Waals surface area contributed by atoms with Gasteiger partial charge in [-0.15, -0.1) is 0 Å². The van der Waals surface area contributed by atoms with Crippen LogP contribution in [0, 0.1) is 10.8 Å². The monoisotopic (exact) mass is 190 g/mol. The maximum atomic E-state index is 12.3. The number of ketones is 1. The molecule has 14 heavy (non-hydrogen) atoms. The maximum Gasteiger partial charge on any atom is 0.152 e. The Morgan fingerprint density at radius 1 is 1.00 bits per heavy atom. The van der Waals surface area contributed by atoms with E-state index in [4.69, 9.17) is 0 Å². The van der Waals surface area contributed by atoms with E-state index in [9.17, 15) is 4.79 Å². The summed E-state index contributed by atoms with van der Waals surface area (Å²) in [5.41, 5.74) is 2.27. The van der Waals surface area contributed by atoms with Crippen LogP contribution in [0.4, 0.5) is 0 Å². The molecule has 0 aliphatic heterocycles. The lowest BCUT2D eigenvalue weighted by atomic mass is 9.58. The Hall–Kier alpha value is -0.850. The predicted molar refractivity (Wildman–Crippen MR) is 58.0 cm³/mol. The van der Waals surface area contributed by atoms with Crippen LogP contribution in [-0.2, 0) is 4.79 Å². The zero-order valence-corrected chi connectivity index (χ0v) is 9.48. The third-order valence-electron chi connectivity index (χ3n) is 3.46. The lowest BCUT2D eigenvalue weighted by Crippen LogP contribution is -2.44. The Morgan fingerprint density at radius 3 is 1.71 bits per heavy atom. The van der Waals surface area contributed by atoms with E-state index >= 15 is 0 Å². The van der Waals surface area contributed by atoms with E-state index in [1.54, 1.807) is 0 Å². The SMILES string of the molecule is CC1=CC2(C)CC(C)=CC(C)(C1)C2=O. The van der Waals surface area contributed by atoms with Gasteiger partial charge in [0.15, 0.2) is 5.78 Å². The van der Waals surface area contributed by atoms with E-state index in [1.165, 1.54) is 11.1 Å². The molecule has 0 aromatic carbocycles. The van der Waals surface area contributed by atoms with E-state index in [2.05, 4.69) is 39.8 Å². The van der Waals surface area contributed by atoms with Crippen LogP contribution in [0.1, 0.15) is 40.5 Å². The average Bonchev–Trinajstić information content (AvgIpc) is 1.95. The van der Waals surface area contributed by atoms with Crippen LogP contribution in [0.2, 0.25) is 0 Å². The smallest absolute Gasteiger partial charge is 0.152 e. The van der Waals surface area contributed by atoms with Crippen molar-refractivity contribution in [3.05, 3.63) is 23.3 Å². The van der Waals surface area contributed by atoms with Crippen LogP contribution in [0.15, 0.2) is 23.3 Å². The summed E-state index contributed by atoms with van der Waals surface area (Å²) in [4.78, 5) is 12.3. The molecule has 0 saturated carbocycles. The van der Waals surface area contributed by atoms with Gasteiger partial charge in [0.1, 0.15) is 0 Å². The number of carbonyl (C=O) groups is 1. The van der Waals surface area contributed by atoms with Crippen LogP contribution in [0.25, 0.3) is 0 Å². The number of hydrogen-bond acceptors (Lipinski definition) is 1. The first-order valence-corrected chi connectivity index (χ1v) is 5.27. The number of rotatable bonds is 0. The van der Waals surface area contributed by atoms with E-state index < -0.39 is 0 Å². The van der Waals surface area contributed by atoms with Crippen LogP contribution in [-0.4, -0.2) is 5.78 Å². The van der Waals surface area contributed by atoms with Gasteiger partial charge < -0.3 is 0 Å². The Bertz CT molecular complexity index is 327. The molecule has 0 N–H and O–H groups in total. The topological polar surface area (TPSA) is 17.1 Å². The second kappa shape index (κ2) is 2.59. The first-order chi connectivity index (χ1) is 6.36. The fraction of sp³-hybridized carbons (Fsp3) is 0.615. The Labute approximate surface area is 85.9 Å². The molecule has 0 fully saturated rings. The molecule has 2 bridgehead atoms. The van der Waals surface area contributed by atoms with Crippen molar-refractivity contribution >= 4 is 5.78 Å². The first-order valence-electron chi connectivity index (χ1n) is 5.27. The molecule has 2 aliphatic carbocycles. The molecule has 0 spiro atoms. The molecule has 76 valence electrons. The largest absolute Gasteiger partial charge is 0.298 e. The van der Waals surface area contributed by atoms with Gasteiger partial charge in [0.25, 0.3) is 0 Å². The second-order valence-electron chi connectivity index (χ2n) is 5.50. The minimum absolute atomic E-state index is 0.226. The van der Waals surface area contributed by atoms with E-state index in [0.717, 1.165) is 12.8 Å². The fourth-order valence-electron chi connectivity index (χ4n) is 3.39. The van der Waals surface area contributed by atoms with Crippen molar-refractivity contribution in [2.75, 3.05) is 0 Å². The summed E-state index contributed by atoms with van der Waals surface area (Å²) >= 11 is 0. The minimum Gasteiger partial charge on any atom is -0.298 e. The van der Waals surface area contributed by atoms with Crippen molar-refractivity contribution in [1.29, 1.82) is 0 Å². The molecule has 0 saturated heterocycles. The molecule has 1 nitrogen and oxygen atoms in total. The summed E-state index contributed by atoms with van der Waals surface area (Å²) < 4.78 is 0. The van der Waals surface area contributed by atoms with Crippen LogP contribution in [0.3, 0.4) is 0 Å². The van der Waals surface area contributed by atoms with Gasteiger partial charge in [-0.05, 0) is 40.5 Å². The first kappa shape index (κ1) is 9.70. The van der Waals surface area contributed by atoms with E-state index in [0.29, 0.717) is 5.78 Å². The fourth-order valence-corrected chi connectivity index (χ4v) is 3.39. The number of hydrogen-bond donors (Lipinski definition) is 0. The van der Waals surface area contributed by atoms with Crippen molar-refractivity contribution in [3.8, 4) is 0 Å². The third kappa shape index (κ3) is 1.18. The van der Waals surface area contributed by atoms with Gasteiger partial charge in [0.05, 0.1) is 0 Å². The van der Waals surface area contributed by atoms with Crippen molar-refractivity contribution in [2.24, 2.45) is 10.8 Å². The summed E-state index contributed by atoms with van der Waals surface area (Å²) in [5.74, 6) is 0.404. The van der Waals surface area contributed by atoms with Gasteiger partial charge >= 0.3 is 0 Å². The van der Waals surface area contributed by atoms with Crippen molar-refractivity contribution in [1.82, 2.24) is 0 Å². The normalized spacial score (nSPS) is 41.9. The minimum atomic E-state index is -0.226. The van der Waals surface area contributed by atoms with Crippen molar-refractivity contribution in [2.45, 2.75) is 40.5 Å². The highest BCUT2D eigenvalue weighted by atomic mass is 16.1. The summed E-state index contributed by atoms with van der Waals surface area (Å²) in [6.45, 7) is 8.42. The molecule has 2 unspecified atom stereocenters. The molecule has 2 aliphatic rings. The summed E-state index contributed by atoms with van der Waals surface area (Å²) in [7, 11) is 0. The zero-order valence-electron chi connectivity index (χ0n) is 9.48. The molecule has 1 heteroatoms. The van der Waals surface area contributed by atoms with Gasteiger partial charge in [-0.3, -0.25) is 4.79 Å². The summed E-state index contributed by atoms with van der Waals surface area (Å²) in [6.07, 6.45) is 6.15. The molecule has 0 heterocycles. The second-order valence-corrected chi connectivity index (χ2v) is 5.50. The standard InChI is InChI=1S/C13H18O/c1-9-5-12(3)7-10(2)8-13(4,6-9)11(12)14/h5,8H,6-7H2,1-4H3. The highest BCUT2D eigenvalue weighted by Gasteiger charge is 2.48. The lowest BCUT2D eigenvalue weighted by molar-refractivity contribution is -0.134. The molecule has 0 amide bonds. The van der Waals surface area contributed by atoms with Gasteiger partial charge in [-0.2, -0.15) is 0 Å². The van der Waals surface area contributed by atoms with Crippen LogP contribution in [0.5, 0.6) is 0 Å². The molecule has 2 rings (SSSR count). The van der Waals surface area contributed by atoms with E-state index in [-0.39, 0.29) is 10.8 Å². The molecule has 0 radical (unpaired) electrons. The molecular weight excluding hydrogens is 172 g/mol. The van der Waals surface area contributed by atoms with Gasteiger partial charge in [-0.1, -0.05) is 23.3 Å². The lowest BCUT2D eigenvalue weighted by Gasteiger charge is -2.44. The van der Waals surface area contributed by atoms with Gasteiger partial charge in [-0.25, -0.2) is 0 Å². The number of carbonyl (C=O) groups excluding carboxylic acids is 1. The summed E-state index contributed by atoms with van der Waals surface area (Å²) in [6, 6.07) is 0. The highest BCUT2D eigenvalue weighted by molar-refractivity contribution is 5.96. The van der Waals surface area contributed by atoms with E-state index in [1.807, 2.05) is 0 Å². The summed E-state index contributed by atoms with van der Waals surface area (Å²) in [5, 5.41) is 0. The molecule has 0 aromatic rings. The van der Waals surface area contributed by atoms with Crippen LogP contribution >= 0.6 is 0 Å².